The van der Waals surface area contributed by atoms with Gasteiger partial charge in [-0.1, -0.05) is 17.7 Å². The van der Waals surface area contributed by atoms with Gasteiger partial charge in [0.15, 0.2) is 11.6 Å². The number of nitrogens with one attached hydrogen (secondary N) is 2. The predicted octanol–water partition coefficient (Wildman–Crippen LogP) is 4.13. The highest BCUT2D eigenvalue weighted by Crippen LogP contribution is 2.19. The summed E-state index contributed by atoms with van der Waals surface area (Å²) in [7, 11) is 1.62. The van der Waals surface area contributed by atoms with Crippen molar-refractivity contribution in [1.82, 2.24) is 10.2 Å². The number of amides is 1. The van der Waals surface area contributed by atoms with Crippen LogP contribution in [-0.4, -0.2) is 23.2 Å². The number of aromatic nitrogens is 2. The lowest BCUT2D eigenvalue weighted by molar-refractivity contribution is 0.102. The molecule has 0 aliphatic rings. The van der Waals surface area contributed by atoms with Gasteiger partial charge in [0.2, 0.25) is 0 Å². The van der Waals surface area contributed by atoms with E-state index in [0.717, 1.165) is 11.4 Å². The zero-order chi connectivity index (χ0) is 17.6. The van der Waals surface area contributed by atoms with Crippen molar-refractivity contribution in [2.45, 2.75) is 0 Å². The van der Waals surface area contributed by atoms with E-state index in [-0.39, 0.29) is 5.91 Å². The normalized spacial score (nSPS) is 10.2. The van der Waals surface area contributed by atoms with Crippen molar-refractivity contribution >= 4 is 34.8 Å². The van der Waals surface area contributed by atoms with Crippen LogP contribution in [0.5, 0.6) is 5.75 Å². The number of carbonyl (C=O) groups excluding carboxylic acids is 1. The summed E-state index contributed by atoms with van der Waals surface area (Å²) in [6, 6.07) is 17.5. The molecule has 1 aromatic heterocycles. The van der Waals surface area contributed by atoms with Gasteiger partial charge >= 0.3 is 0 Å². The Morgan fingerprint density at radius 3 is 2.36 bits per heavy atom. The van der Waals surface area contributed by atoms with E-state index < -0.39 is 0 Å². The van der Waals surface area contributed by atoms with Crippen LogP contribution in [0.15, 0.2) is 60.7 Å². The molecule has 1 amide bonds. The summed E-state index contributed by atoms with van der Waals surface area (Å²) in [5.41, 5.74) is 1.31. The molecule has 7 heteroatoms. The summed E-state index contributed by atoms with van der Waals surface area (Å²) in [6.45, 7) is 0. The van der Waals surface area contributed by atoms with Crippen LogP contribution < -0.4 is 15.4 Å². The summed E-state index contributed by atoms with van der Waals surface area (Å²) in [6.07, 6.45) is 0. The number of rotatable bonds is 5. The third kappa shape index (κ3) is 4.45. The number of hydrogen-bond donors (Lipinski definition) is 2. The zero-order valence-electron chi connectivity index (χ0n) is 13.4. The van der Waals surface area contributed by atoms with E-state index in [2.05, 4.69) is 20.8 Å². The number of ether oxygens (including phenoxy) is 1. The van der Waals surface area contributed by atoms with Gasteiger partial charge in [0.1, 0.15) is 5.75 Å². The van der Waals surface area contributed by atoms with Gasteiger partial charge in [-0.15, -0.1) is 10.2 Å². The first kappa shape index (κ1) is 16.7. The number of benzene rings is 2. The maximum absolute atomic E-state index is 12.1. The third-order valence-electron chi connectivity index (χ3n) is 3.36. The van der Waals surface area contributed by atoms with Crippen molar-refractivity contribution in [1.29, 1.82) is 0 Å². The molecule has 0 saturated heterocycles. The molecule has 3 rings (SSSR count). The summed E-state index contributed by atoms with van der Waals surface area (Å²) in [5, 5.41) is 14.3. The molecule has 25 heavy (non-hydrogen) atoms. The molecule has 6 nitrogen and oxygen atoms in total. The number of anilines is 3. The van der Waals surface area contributed by atoms with Gasteiger partial charge in [-0.2, -0.15) is 0 Å². The van der Waals surface area contributed by atoms with Crippen LogP contribution in [-0.2, 0) is 0 Å². The van der Waals surface area contributed by atoms with E-state index in [9.17, 15) is 4.79 Å². The molecule has 2 aromatic carbocycles. The van der Waals surface area contributed by atoms with Gasteiger partial charge in [-0.05, 0) is 54.6 Å². The van der Waals surface area contributed by atoms with Crippen molar-refractivity contribution in [2.75, 3.05) is 17.7 Å². The summed E-state index contributed by atoms with van der Waals surface area (Å²) >= 11 is 5.88. The highest BCUT2D eigenvalue weighted by atomic mass is 35.5. The second-order valence-electron chi connectivity index (χ2n) is 5.12. The Morgan fingerprint density at radius 2 is 1.72 bits per heavy atom. The van der Waals surface area contributed by atoms with Crippen LogP contribution in [0.1, 0.15) is 10.4 Å². The predicted molar refractivity (Wildman–Crippen MR) is 97.7 cm³/mol. The monoisotopic (exact) mass is 354 g/mol. The van der Waals surface area contributed by atoms with Gasteiger partial charge in [0.25, 0.3) is 5.91 Å². The Bertz CT molecular complexity index is 867. The zero-order valence-corrected chi connectivity index (χ0v) is 14.1. The molecule has 0 aliphatic carbocycles. The van der Waals surface area contributed by atoms with E-state index in [0.29, 0.717) is 22.2 Å². The Morgan fingerprint density at radius 1 is 1.00 bits per heavy atom. The molecule has 126 valence electrons. The molecule has 0 saturated carbocycles. The van der Waals surface area contributed by atoms with E-state index in [1.165, 1.54) is 0 Å². The maximum Gasteiger partial charge on any atom is 0.256 e. The SMILES string of the molecule is COc1ccc(Nc2ccc(NC(=O)c3cccc(Cl)c3)nn2)cc1. The molecule has 1 heterocycles. The lowest BCUT2D eigenvalue weighted by Crippen LogP contribution is -2.13. The Kier molecular flexibility index (Phi) is 5.11. The van der Waals surface area contributed by atoms with Crippen LogP contribution in [0.3, 0.4) is 0 Å². The second kappa shape index (κ2) is 7.63. The van der Waals surface area contributed by atoms with E-state index in [4.69, 9.17) is 16.3 Å². The van der Waals surface area contributed by atoms with Crippen LogP contribution in [0.25, 0.3) is 0 Å². The molecule has 2 N–H and O–H groups in total. The van der Waals surface area contributed by atoms with E-state index in [1.54, 1.807) is 43.5 Å². The summed E-state index contributed by atoms with van der Waals surface area (Å²) in [5.74, 6) is 1.39. The molecular weight excluding hydrogens is 340 g/mol. The lowest BCUT2D eigenvalue weighted by atomic mass is 10.2. The fraction of sp³-hybridized carbons (Fsp3) is 0.0556. The van der Waals surface area contributed by atoms with Crippen molar-refractivity contribution in [3.05, 3.63) is 71.2 Å². The van der Waals surface area contributed by atoms with Crippen molar-refractivity contribution < 1.29 is 9.53 Å². The highest BCUT2D eigenvalue weighted by molar-refractivity contribution is 6.31. The van der Waals surface area contributed by atoms with E-state index in [1.807, 2.05) is 24.3 Å². The number of methoxy groups -OCH3 is 1. The van der Waals surface area contributed by atoms with Gasteiger partial charge in [-0.3, -0.25) is 4.79 Å². The fourth-order valence-electron chi connectivity index (χ4n) is 2.11. The minimum atomic E-state index is -0.298. The Labute approximate surface area is 149 Å². The average molecular weight is 355 g/mol. The van der Waals surface area contributed by atoms with Gasteiger partial charge in [0.05, 0.1) is 7.11 Å². The molecule has 0 fully saturated rings. The van der Waals surface area contributed by atoms with E-state index >= 15 is 0 Å². The van der Waals surface area contributed by atoms with Gasteiger partial charge < -0.3 is 15.4 Å². The second-order valence-corrected chi connectivity index (χ2v) is 5.56. The molecule has 3 aromatic rings. The Balaban J connectivity index is 1.64. The molecule has 0 aliphatic heterocycles. The number of hydrogen-bond acceptors (Lipinski definition) is 5. The van der Waals surface area contributed by atoms with Gasteiger partial charge in [-0.25, -0.2) is 0 Å². The van der Waals surface area contributed by atoms with Gasteiger partial charge in [0, 0.05) is 16.3 Å². The van der Waals surface area contributed by atoms with Crippen LogP contribution in [0.2, 0.25) is 5.02 Å². The van der Waals surface area contributed by atoms with Crippen LogP contribution in [0.4, 0.5) is 17.3 Å². The molecule has 0 radical (unpaired) electrons. The van der Waals surface area contributed by atoms with Crippen molar-refractivity contribution in [3.8, 4) is 5.75 Å². The first-order valence-electron chi connectivity index (χ1n) is 7.46. The van der Waals surface area contributed by atoms with Crippen LogP contribution >= 0.6 is 11.6 Å². The molecule has 0 atom stereocenters. The molecular formula is C18H15ClN4O2. The first-order chi connectivity index (χ1) is 12.1. The minimum absolute atomic E-state index is 0.298. The average Bonchev–Trinajstić information content (AvgIpc) is 2.64. The van der Waals surface area contributed by atoms with Crippen LogP contribution in [0, 0.1) is 0 Å². The molecule has 0 unspecified atom stereocenters. The van der Waals surface area contributed by atoms with Crippen molar-refractivity contribution in [3.63, 3.8) is 0 Å². The highest BCUT2D eigenvalue weighted by Gasteiger charge is 2.08. The molecule has 0 spiro atoms. The lowest BCUT2D eigenvalue weighted by Gasteiger charge is -2.07. The smallest absolute Gasteiger partial charge is 0.256 e. The fourth-order valence-corrected chi connectivity index (χ4v) is 2.30. The first-order valence-corrected chi connectivity index (χ1v) is 7.83. The quantitative estimate of drug-likeness (QED) is 0.720. The number of carbonyl (C=O) groups is 1. The largest absolute Gasteiger partial charge is 0.497 e. The van der Waals surface area contributed by atoms with Crippen molar-refractivity contribution in [2.24, 2.45) is 0 Å². The molecule has 0 bridgehead atoms. The third-order valence-corrected chi connectivity index (χ3v) is 3.59. The standard InChI is InChI=1S/C18H15ClN4O2/c1-25-15-7-5-14(6-8-15)20-16-9-10-17(23-22-16)21-18(24)12-3-2-4-13(19)11-12/h2-11H,1H3,(H,20,22)(H,21,23,24). The Hall–Kier alpha value is -3.12. The number of halogens is 1. The summed E-state index contributed by atoms with van der Waals surface area (Å²) < 4.78 is 5.11. The minimum Gasteiger partial charge on any atom is -0.497 e. The topological polar surface area (TPSA) is 76.1 Å². The number of nitrogens with zero attached hydrogens (tertiary/aromatic N) is 2. The maximum atomic E-state index is 12.1. The summed E-state index contributed by atoms with van der Waals surface area (Å²) in [4.78, 5) is 12.1.